The molecule has 0 unspecified atom stereocenters. The molecule has 0 spiro atoms. The average molecular weight is 445 g/mol. The van der Waals surface area contributed by atoms with E-state index in [0.717, 1.165) is 37.4 Å². The van der Waals surface area contributed by atoms with Crippen molar-refractivity contribution in [3.63, 3.8) is 0 Å². The summed E-state index contributed by atoms with van der Waals surface area (Å²) in [6.45, 7) is 3.82. The predicted octanol–water partition coefficient (Wildman–Crippen LogP) is 4.32. The van der Waals surface area contributed by atoms with Gasteiger partial charge in [0.2, 0.25) is 5.88 Å². The highest BCUT2D eigenvalue weighted by Crippen LogP contribution is 2.31. The van der Waals surface area contributed by atoms with Gasteiger partial charge in [-0.2, -0.15) is 0 Å². The number of amides is 2. The Balaban J connectivity index is 1.19. The minimum Gasteiger partial charge on any atom is -0.497 e. The summed E-state index contributed by atoms with van der Waals surface area (Å²) in [4.78, 5) is 19.1. The van der Waals surface area contributed by atoms with Crippen molar-refractivity contribution in [1.29, 1.82) is 0 Å². The third-order valence-corrected chi connectivity index (χ3v) is 6.02. The molecule has 0 atom stereocenters. The van der Waals surface area contributed by atoms with E-state index < -0.39 is 0 Å². The molecule has 2 aliphatic rings. The Morgan fingerprint density at radius 3 is 2.65 bits per heavy atom. The molecule has 1 saturated heterocycles. The third kappa shape index (κ3) is 6.48. The zero-order valence-corrected chi connectivity index (χ0v) is 18.5. The molecule has 1 aromatic heterocycles. The summed E-state index contributed by atoms with van der Waals surface area (Å²) in [6, 6.07) is 8.53. The molecule has 31 heavy (non-hydrogen) atoms. The fourth-order valence-electron chi connectivity index (χ4n) is 3.70. The Hall–Kier alpha value is -2.51. The van der Waals surface area contributed by atoms with E-state index in [1.165, 1.54) is 19.4 Å². The van der Waals surface area contributed by atoms with Crippen molar-refractivity contribution in [2.24, 2.45) is 5.92 Å². The van der Waals surface area contributed by atoms with Crippen molar-refractivity contribution in [2.75, 3.05) is 32.1 Å². The molecular formula is C23H29ClN4O3. The van der Waals surface area contributed by atoms with Crippen LogP contribution in [-0.4, -0.2) is 48.8 Å². The molecule has 166 valence electrons. The Labute approximate surface area is 188 Å². The summed E-state index contributed by atoms with van der Waals surface area (Å²) in [5.74, 6) is 2.21. The molecule has 2 heterocycles. The molecule has 2 amide bonds. The number of likely N-dealkylation sites (tertiary alicyclic amines) is 1. The van der Waals surface area contributed by atoms with E-state index in [0.29, 0.717) is 28.9 Å². The van der Waals surface area contributed by atoms with Crippen molar-refractivity contribution in [3.8, 4) is 11.6 Å². The van der Waals surface area contributed by atoms with Crippen molar-refractivity contribution in [1.82, 2.24) is 15.2 Å². The number of pyridine rings is 1. The van der Waals surface area contributed by atoms with Gasteiger partial charge >= 0.3 is 6.03 Å². The average Bonchev–Trinajstić information content (AvgIpc) is 3.60. The van der Waals surface area contributed by atoms with Gasteiger partial charge in [0.05, 0.1) is 17.8 Å². The summed E-state index contributed by atoms with van der Waals surface area (Å²) in [6.07, 6.45) is 6.86. The molecule has 4 rings (SSSR count). The lowest BCUT2D eigenvalue weighted by Crippen LogP contribution is -2.39. The van der Waals surface area contributed by atoms with Crippen molar-refractivity contribution < 1.29 is 14.3 Å². The number of aromatic nitrogens is 1. The lowest BCUT2D eigenvalue weighted by Gasteiger charge is -2.31. The van der Waals surface area contributed by atoms with Crippen LogP contribution in [0.2, 0.25) is 5.02 Å². The molecule has 1 saturated carbocycles. The minimum atomic E-state index is -0.342. The van der Waals surface area contributed by atoms with Crippen molar-refractivity contribution in [3.05, 3.63) is 47.1 Å². The number of methoxy groups -OCH3 is 1. The standard InChI is InChI=1S/C23H29ClN4O3/c1-30-19-5-6-21(20(24)12-19)27-23(29)26-14-17-4-7-22(25-13-17)31-18-8-10-28(11-9-18)15-16-2-3-16/h4-7,12-13,16,18H,2-3,8-11,14-15H2,1H3,(H2,26,27,29). The van der Waals surface area contributed by atoms with Gasteiger partial charge < -0.3 is 25.0 Å². The molecule has 1 aliphatic heterocycles. The van der Waals surface area contributed by atoms with E-state index >= 15 is 0 Å². The van der Waals surface area contributed by atoms with Crippen LogP contribution in [0.4, 0.5) is 10.5 Å². The molecule has 2 N–H and O–H groups in total. The highest BCUT2D eigenvalue weighted by atomic mass is 35.5. The zero-order chi connectivity index (χ0) is 21.6. The molecule has 0 bridgehead atoms. The number of anilines is 1. The SMILES string of the molecule is COc1ccc(NC(=O)NCc2ccc(OC3CCN(CC4CC4)CC3)nc2)c(Cl)c1. The first-order valence-corrected chi connectivity index (χ1v) is 11.2. The van der Waals surface area contributed by atoms with E-state index in [4.69, 9.17) is 21.1 Å². The van der Waals surface area contributed by atoms with Gasteiger partial charge in [-0.1, -0.05) is 17.7 Å². The highest BCUT2D eigenvalue weighted by molar-refractivity contribution is 6.33. The monoisotopic (exact) mass is 444 g/mol. The third-order valence-electron chi connectivity index (χ3n) is 5.71. The number of hydrogen-bond acceptors (Lipinski definition) is 5. The van der Waals surface area contributed by atoms with Gasteiger partial charge in [-0.3, -0.25) is 0 Å². The molecule has 8 heteroatoms. The second-order valence-corrected chi connectivity index (χ2v) is 8.63. The molecule has 1 aromatic carbocycles. The van der Waals surface area contributed by atoms with Crippen LogP contribution < -0.4 is 20.1 Å². The number of rotatable bonds is 8. The van der Waals surface area contributed by atoms with Crippen molar-refractivity contribution >= 4 is 23.3 Å². The topological polar surface area (TPSA) is 75.7 Å². The van der Waals surface area contributed by atoms with E-state index in [9.17, 15) is 4.79 Å². The lowest BCUT2D eigenvalue weighted by atomic mass is 10.1. The Bertz CT molecular complexity index is 881. The van der Waals surface area contributed by atoms with E-state index in [1.807, 2.05) is 12.1 Å². The van der Waals surface area contributed by atoms with Gasteiger partial charge in [-0.15, -0.1) is 0 Å². The molecule has 0 radical (unpaired) electrons. The lowest BCUT2D eigenvalue weighted by molar-refractivity contribution is 0.0944. The second-order valence-electron chi connectivity index (χ2n) is 8.22. The van der Waals surface area contributed by atoms with Gasteiger partial charge in [0.25, 0.3) is 0 Å². The maximum absolute atomic E-state index is 12.2. The number of ether oxygens (including phenoxy) is 2. The number of nitrogens with one attached hydrogen (secondary N) is 2. The smallest absolute Gasteiger partial charge is 0.319 e. The van der Waals surface area contributed by atoms with Gasteiger partial charge in [-0.25, -0.2) is 9.78 Å². The Kier molecular flexibility index (Phi) is 7.14. The first-order valence-electron chi connectivity index (χ1n) is 10.8. The van der Waals surface area contributed by atoms with E-state index in [1.54, 1.807) is 31.5 Å². The summed E-state index contributed by atoms with van der Waals surface area (Å²) in [5, 5.41) is 5.95. The quantitative estimate of drug-likeness (QED) is 0.634. The normalized spacial score (nSPS) is 17.2. The number of hydrogen-bond donors (Lipinski definition) is 2. The van der Waals surface area contributed by atoms with E-state index in [-0.39, 0.29) is 12.1 Å². The van der Waals surface area contributed by atoms with Crippen LogP contribution in [-0.2, 0) is 6.54 Å². The molecule has 7 nitrogen and oxygen atoms in total. The number of urea groups is 1. The van der Waals surface area contributed by atoms with Crippen LogP contribution in [0.15, 0.2) is 36.5 Å². The van der Waals surface area contributed by atoms with E-state index in [2.05, 4.69) is 20.5 Å². The second kappa shape index (κ2) is 10.2. The highest BCUT2D eigenvalue weighted by Gasteiger charge is 2.27. The van der Waals surface area contributed by atoms with Gasteiger partial charge in [0.1, 0.15) is 11.9 Å². The van der Waals surface area contributed by atoms with Crippen LogP contribution in [0.3, 0.4) is 0 Å². The zero-order valence-electron chi connectivity index (χ0n) is 17.8. The maximum Gasteiger partial charge on any atom is 0.319 e. The van der Waals surface area contributed by atoms with Crippen LogP contribution >= 0.6 is 11.6 Å². The minimum absolute atomic E-state index is 0.229. The number of carbonyl (C=O) groups is 1. The van der Waals surface area contributed by atoms with Gasteiger partial charge in [0.15, 0.2) is 0 Å². The first kappa shape index (κ1) is 21.7. The molecule has 1 aliphatic carbocycles. The summed E-state index contributed by atoms with van der Waals surface area (Å²) >= 11 is 6.15. The van der Waals surface area contributed by atoms with Crippen LogP contribution in [0.5, 0.6) is 11.6 Å². The summed E-state index contributed by atoms with van der Waals surface area (Å²) < 4.78 is 11.2. The Morgan fingerprint density at radius 1 is 1.19 bits per heavy atom. The number of piperidine rings is 1. The Morgan fingerprint density at radius 2 is 2.00 bits per heavy atom. The predicted molar refractivity (Wildman–Crippen MR) is 121 cm³/mol. The molecular weight excluding hydrogens is 416 g/mol. The van der Waals surface area contributed by atoms with Gasteiger partial charge in [0, 0.05) is 44.5 Å². The summed E-state index contributed by atoms with van der Waals surface area (Å²) in [5.41, 5.74) is 1.41. The number of nitrogens with zero attached hydrogens (tertiary/aromatic N) is 2. The largest absolute Gasteiger partial charge is 0.497 e. The molecule has 2 aromatic rings. The van der Waals surface area contributed by atoms with Crippen LogP contribution in [0, 0.1) is 5.92 Å². The number of carbonyl (C=O) groups excluding carboxylic acids is 1. The maximum atomic E-state index is 12.2. The fourth-order valence-corrected chi connectivity index (χ4v) is 3.92. The molecule has 2 fully saturated rings. The fraction of sp³-hybridized carbons (Fsp3) is 0.478. The summed E-state index contributed by atoms with van der Waals surface area (Å²) in [7, 11) is 1.56. The van der Waals surface area contributed by atoms with Crippen LogP contribution in [0.1, 0.15) is 31.2 Å². The first-order chi connectivity index (χ1) is 15.1. The van der Waals surface area contributed by atoms with Crippen LogP contribution in [0.25, 0.3) is 0 Å². The number of halogens is 1. The number of benzene rings is 1. The van der Waals surface area contributed by atoms with Gasteiger partial charge in [-0.05, 0) is 49.3 Å². The van der Waals surface area contributed by atoms with Crippen molar-refractivity contribution in [2.45, 2.75) is 38.3 Å².